The van der Waals surface area contributed by atoms with E-state index in [-0.39, 0.29) is 5.69 Å². The lowest BCUT2D eigenvalue weighted by molar-refractivity contribution is 0.413. The highest BCUT2D eigenvalue weighted by molar-refractivity contribution is 7.98. The maximum Gasteiger partial charge on any atom is 0.276 e. The number of anilines is 1. The van der Waals surface area contributed by atoms with Crippen LogP contribution in [0, 0.1) is 5.82 Å². The summed E-state index contributed by atoms with van der Waals surface area (Å²) in [6.07, 6.45) is 3.19. The Kier molecular flexibility index (Phi) is 3.63. The lowest BCUT2D eigenvalue weighted by Crippen LogP contribution is -1.96. The maximum absolute atomic E-state index is 12.9. The molecule has 1 heterocycles. The van der Waals surface area contributed by atoms with Gasteiger partial charge in [0.05, 0.1) is 5.69 Å². The van der Waals surface area contributed by atoms with Gasteiger partial charge in [-0.3, -0.25) is 0 Å². The molecule has 4 nitrogen and oxygen atoms in total. The molecule has 0 saturated carbocycles. The van der Waals surface area contributed by atoms with E-state index in [1.807, 2.05) is 6.26 Å². The van der Waals surface area contributed by atoms with Crippen LogP contribution >= 0.6 is 11.8 Å². The summed E-state index contributed by atoms with van der Waals surface area (Å²) in [6.45, 7) is 0. The number of benzene rings is 1. The average molecular weight is 253 g/mol. The zero-order chi connectivity index (χ0) is 12.3. The summed E-state index contributed by atoms with van der Waals surface area (Å²) >= 11 is 1.41. The molecular weight excluding hydrogens is 241 g/mol. The second-order valence-corrected chi connectivity index (χ2v) is 4.28. The first-order chi connectivity index (χ1) is 8.19. The highest BCUT2D eigenvalue weighted by Gasteiger charge is 2.06. The molecule has 2 aromatic rings. The minimum Gasteiger partial charge on any atom is -0.416 e. The van der Waals surface area contributed by atoms with Gasteiger partial charge in [-0.2, -0.15) is 0 Å². The number of nitrogens with zero attached hydrogens (tertiary/aromatic N) is 2. The SMILES string of the molecule is CSc1nnc(CCc2ccc(F)c(N)c2)o1. The van der Waals surface area contributed by atoms with Crippen molar-refractivity contribution in [1.29, 1.82) is 0 Å². The van der Waals surface area contributed by atoms with E-state index in [2.05, 4.69) is 10.2 Å². The smallest absolute Gasteiger partial charge is 0.276 e. The standard InChI is InChI=1S/C11H12FN3OS/c1-17-11-15-14-10(16-11)5-3-7-2-4-8(12)9(13)6-7/h2,4,6H,3,5,13H2,1H3. The predicted octanol–water partition coefficient (Wildman–Crippen LogP) is 2.30. The molecule has 0 fully saturated rings. The molecule has 0 unspecified atom stereocenters. The lowest BCUT2D eigenvalue weighted by Gasteiger charge is -2.01. The summed E-state index contributed by atoms with van der Waals surface area (Å²) in [5.74, 6) is 0.188. The molecule has 0 saturated heterocycles. The summed E-state index contributed by atoms with van der Waals surface area (Å²) in [5, 5.41) is 8.29. The molecule has 90 valence electrons. The normalized spacial score (nSPS) is 10.7. The van der Waals surface area contributed by atoms with Gasteiger partial charge in [-0.25, -0.2) is 4.39 Å². The van der Waals surface area contributed by atoms with E-state index in [9.17, 15) is 4.39 Å². The summed E-state index contributed by atoms with van der Waals surface area (Å²) in [4.78, 5) is 0. The molecule has 0 amide bonds. The van der Waals surface area contributed by atoms with Gasteiger partial charge in [-0.1, -0.05) is 17.8 Å². The first-order valence-corrected chi connectivity index (χ1v) is 6.32. The molecule has 6 heteroatoms. The number of rotatable bonds is 4. The van der Waals surface area contributed by atoms with Gasteiger partial charge in [0.15, 0.2) is 0 Å². The van der Waals surface area contributed by atoms with Crippen LogP contribution in [-0.2, 0) is 12.8 Å². The van der Waals surface area contributed by atoms with Gasteiger partial charge >= 0.3 is 0 Å². The fraction of sp³-hybridized carbons (Fsp3) is 0.273. The van der Waals surface area contributed by atoms with Crippen molar-refractivity contribution in [2.45, 2.75) is 18.1 Å². The van der Waals surface area contributed by atoms with Crippen LogP contribution < -0.4 is 5.73 Å². The van der Waals surface area contributed by atoms with Crippen LogP contribution in [0.4, 0.5) is 10.1 Å². The zero-order valence-corrected chi connectivity index (χ0v) is 10.1. The molecule has 0 aliphatic heterocycles. The van der Waals surface area contributed by atoms with Crippen molar-refractivity contribution in [1.82, 2.24) is 10.2 Å². The van der Waals surface area contributed by atoms with Crippen LogP contribution in [-0.4, -0.2) is 16.5 Å². The maximum atomic E-state index is 12.9. The molecule has 1 aromatic heterocycles. The van der Waals surface area contributed by atoms with E-state index in [1.54, 1.807) is 12.1 Å². The number of nitrogens with two attached hydrogens (primary N) is 1. The Labute approximate surface area is 102 Å². The van der Waals surface area contributed by atoms with Gasteiger partial charge in [-0.05, 0) is 30.4 Å². The van der Waals surface area contributed by atoms with Crippen LogP contribution in [0.25, 0.3) is 0 Å². The molecule has 1 aromatic carbocycles. The molecule has 0 bridgehead atoms. The van der Waals surface area contributed by atoms with Crippen molar-refractivity contribution in [3.05, 3.63) is 35.5 Å². The Balaban J connectivity index is 1.99. The summed E-state index contributed by atoms with van der Waals surface area (Å²) < 4.78 is 18.3. The van der Waals surface area contributed by atoms with Gasteiger partial charge in [0.1, 0.15) is 5.82 Å². The molecule has 2 N–H and O–H groups in total. The average Bonchev–Trinajstić information content (AvgIpc) is 2.79. The minimum atomic E-state index is -0.392. The second kappa shape index (κ2) is 5.18. The fourth-order valence-corrected chi connectivity index (χ4v) is 1.72. The highest BCUT2D eigenvalue weighted by atomic mass is 32.2. The first kappa shape index (κ1) is 11.9. The number of nitrogen functional groups attached to an aromatic ring is 1. The van der Waals surface area contributed by atoms with Crippen molar-refractivity contribution in [2.75, 3.05) is 12.0 Å². The topological polar surface area (TPSA) is 64.9 Å². The monoisotopic (exact) mass is 253 g/mol. The van der Waals surface area contributed by atoms with Crippen molar-refractivity contribution in [2.24, 2.45) is 0 Å². The third-order valence-corrected chi connectivity index (χ3v) is 2.83. The van der Waals surface area contributed by atoms with Crippen LogP contribution in [0.5, 0.6) is 0 Å². The number of hydrogen-bond donors (Lipinski definition) is 1. The predicted molar refractivity (Wildman–Crippen MR) is 64.3 cm³/mol. The van der Waals surface area contributed by atoms with Crippen LogP contribution in [0.1, 0.15) is 11.5 Å². The van der Waals surface area contributed by atoms with Crippen molar-refractivity contribution < 1.29 is 8.81 Å². The van der Waals surface area contributed by atoms with E-state index < -0.39 is 5.82 Å². The van der Waals surface area contributed by atoms with Crippen LogP contribution in [0.15, 0.2) is 27.8 Å². The number of aryl methyl sites for hydroxylation is 2. The Morgan fingerprint density at radius 3 is 2.82 bits per heavy atom. The summed E-state index contributed by atoms with van der Waals surface area (Å²) in [5.41, 5.74) is 6.60. The third-order valence-electron chi connectivity index (χ3n) is 2.31. The Morgan fingerprint density at radius 1 is 1.35 bits per heavy atom. The molecule has 17 heavy (non-hydrogen) atoms. The second-order valence-electron chi connectivity index (χ2n) is 3.52. The van der Waals surface area contributed by atoms with Gasteiger partial charge in [-0.15, -0.1) is 10.2 Å². The quantitative estimate of drug-likeness (QED) is 0.669. The Hall–Kier alpha value is -1.56. The third kappa shape index (κ3) is 2.97. The number of halogens is 1. The van der Waals surface area contributed by atoms with Crippen LogP contribution in [0.2, 0.25) is 0 Å². The number of thioether (sulfide) groups is 1. The zero-order valence-electron chi connectivity index (χ0n) is 9.31. The number of aromatic nitrogens is 2. The van der Waals surface area contributed by atoms with Gasteiger partial charge in [0, 0.05) is 6.42 Å². The summed E-state index contributed by atoms with van der Waals surface area (Å²) in [6, 6.07) is 4.70. The molecule has 0 aliphatic rings. The molecule has 0 atom stereocenters. The van der Waals surface area contributed by atoms with E-state index in [0.717, 1.165) is 5.56 Å². The Bertz CT molecular complexity index is 515. The van der Waals surface area contributed by atoms with Crippen molar-refractivity contribution in [3.63, 3.8) is 0 Å². The first-order valence-electron chi connectivity index (χ1n) is 5.09. The van der Waals surface area contributed by atoms with Gasteiger partial charge in [0.25, 0.3) is 5.22 Å². The lowest BCUT2D eigenvalue weighted by atomic mass is 10.1. The van der Waals surface area contributed by atoms with E-state index in [1.165, 1.54) is 17.8 Å². The molecule has 0 radical (unpaired) electrons. The van der Waals surface area contributed by atoms with Crippen LogP contribution in [0.3, 0.4) is 0 Å². The minimum absolute atomic E-state index is 0.165. The van der Waals surface area contributed by atoms with Gasteiger partial charge < -0.3 is 10.2 Å². The summed E-state index contributed by atoms with van der Waals surface area (Å²) in [7, 11) is 0. The van der Waals surface area contributed by atoms with E-state index in [4.69, 9.17) is 10.2 Å². The number of hydrogen-bond acceptors (Lipinski definition) is 5. The Morgan fingerprint density at radius 2 is 2.18 bits per heavy atom. The van der Waals surface area contributed by atoms with Crippen molar-refractivity contribution in [3.8, 4) is 0 Å². The van der Waals surface area contributed by atoms with Gasteiger partial charge in [0.2, 0.25) is 5.89 Å². The fourth-order valence-electron chi connectivity index (χ4n) is 1.42. The van der Waals surface area contributed by atoms with Crippen molar-refractivity contribution >= 4 is 17.4 Å². The molecule has 0 aliphatic carbocycles. The molecular formula is C11H12FN3OS. The van der Waals surface area contributed by atoms with E-state index >= 15 is 0 Å². The largest absolute Gasteiger partial charge is 0.416 e. The van der Waals surface area contributed by atoms with E-state index in [0.29, 0.717) is 24.0 Å². The highest BCUT2D eigenvalue weighted by Crippen LogP contribution is 2.16. The molecule has 2 rings (SSSR count). The molecule has 0 spiro atoms.